The molecule has 0 radical (unpaired) electrons. The van der Waals surface area contributed by atoms with E-state index in [1.54, 1.807) is 19.9 Å². The summed E-state index contributed by atoms with van der Waals surface area (Å²) < 4.78 is 13.8. The molecule has 1 aromatic heterocycles. The molecular weight excluding hydrogens is 167 g/mol. The zero-order valence-corrected chi connectivity index (χ0v) is 8.56. The van der Waals surface area contributed by atoms with Gasteiger partial charge in [-0.25, -0.2) is 14.4 Å². The van der Waals surface area contributed by atoms with Crippen LogP contribution in [0.2, 0.25) is 0 Å². The van der Waals surface area contributed by atoms with E-state index in [0.717, 1.165) is 5.69 Å². The molecule has 3 heteroatoms. The molecular formula is C10H15FN2. The molecule has 0 saturated heterocycles. The molecule has 0 aliphatic rings. The molecule has 1 rings (SSSR count). The van der Waals surface area contributed by atoms with Gasteiger partial charge in [0.2, 0.25) is 0 Å². The molecule has 1 heterocycles. The zero-order chi connectivity index (χ0) is 10.1. The maximum absolute atomic E-state index is 13.8. The number of aryl methyl sites for hydroxylation is 2. The van der Waals surface area contributed by atoms with Crippen molar-refractivity contribution in [3.8, 4) is 0 Å². The van der Waals surface area contributed by atoms with E-state index in [9.17, 15) is 4.39 Å². The van der Waals surface area contributed by atoms with Crippen LogP contribution in [0, 0.1) is 13.8 Å². The van der Waals surface area contributed by atoms with Gasteiger partial charge in [0.25, 0.3) is 0 Å². The molecule has 2 nitrogen and oxygen atoms in total. The third-order valence-electron chi connectivity index (χ3n) is 2.16. The van der Waals surface area contributed by atoms with Gasteiger partial charge in [0.05, 0.1) is 5.69 Å². The number of rotatable bonds is 2. The molecule has 0 amide bonds. The molecule has 0 aliphatic carbocycles. The average molecular weight is 182 g/mol. The van der Waals surface area contributed by atoms with Gasteiger partial charge in [-0.3, -0.25) is 0 Å². The first-order valence-corrected chi connectivity index (χ1v) is 4.47. The second-order valence-corrected chi connectivity index (χ2v) is 3.49. The van der Waals surface area contributed by atoms with Gasteiger partial charge in [-0.1, -0.05) is 6.92 Å². The van der Waals surface area contributed by atoms with Crippen LogP contribution in [0.3, 0.4) is 0 Å². The van der Waals surface area contributed by atoms with Crippen molar-refractivity contribution in [2.45, 2.75) is 39.8 Å². The molecule has 0 aromatic carbocycles. The van der Waals surface area contributed by atoms with Crippen molar-refractivity contribution in [3.63, 3.8) is 0 Å². The van der Waals surface area contributed by atoms with E-state index in [4.69, 9.17) is 0 Å². The van der Waals surface area contributed by atoms with Crippen molar-refractivity contribution >= 4 is 0 Å². The van der Waals surface area contributed by atoms with Crippen LogP contribution in [0.25, 0.3) is 0 Å². The van der Waals surface area contributed by atoms with Gasteiger partial charge in [-0.05, 0) is 33.3 Å². The van der Waals surface area contributed by atoms with E-state index >= 15 is 0 Å². The molecule has 0 spiro atoms. The Bertz CT molecular complexity index is 288. The SMILES string of the molecule is CCC(C)(F)c1cc(C)nc(C)n1. The minimum atomic E-state index is -1.33. The Morgan fingerprint density at radius 2 is 2.00 bits per heavy atom. The summed E-state index contributed by atoms with van der Waals surface area (Å²) >= 11 is 0. The lowest BCUT2D eigenvalue weighted by Crippen LogP contribution is -2.17. The van der Waals surface area contributed by atoms with Gasteiger partial charge in [0.15, 0.2) is 0 Å². The smallest absolute Gasteiger partial charge is 0.149 e. The van der Waals surface area contributed by atoms with Crippen molar-refractivity contribution in [2.24, 2.45) is 0 Å². The fourth-order valence-electron chi connectivity index (χ4n) is 1.17. The van der Waals surface area contributed by atoms with Crippen molar-refractivity contribution in [1.82, 2.24) is 9.97 Å². The first-order valence-electron chi connectivity index (χ1n) is 4.47. The van der Waals surface area contributed by atoms with Crippen LogP contribution in [-0.2, 0) is 5.67 Å². The zero-order valence-electron chi connectivity index (χ0n) is 8.56. The molecule has 1 unspecified atom stereocenters. The fraction of sp³-hybridized carbons (Fsp3) is 0.600. The molecule has 1 aromatic rings. The summed E-state index contributed by atoms with van der Waals surface area (Å²) in [7, 11) is 0. The normalized spacial score (nSPS) is 15.5. The lowest BCUT2D eigenvalue weighted by molar-refractivity contribution is 0.178. The van der Waals surface area contributed by atoms with Crippen LogP contribution in [0.5, 0.6) is 0 Å². The Labute approximate surface area is 78.2 Å². The molecule has 13 heavy (non-hydrogen) atoms. The van der Waals surface area contributed by atoms with Gasteiger partial charge in [-0.15, -0.1) is 0 Å². The molecule has 1 atom stereocenters. The third-order valence-corrected chi connectivity index (χ3v) is 2.16. The molecule has 0 bridgehead atoms. The Hall–Kier alpha value is -0.990. The van der Waals surface area contributed by atoms with E-state index < -0.39 is 5.67 Å². The second-order valence-electron chi connectivity index (χ2n) is 3.49. The van der Waals surface area contributed by atoms with E-state index in [0.29, 0.717) is 17.9 Å². The minimum Gasteiger partial charge on any atom is -0.239 e. The molecule has 0 N–H and O–H groups in total. The number of alkyl halides is 1. The lowest BCUT2D eigenvalue weighted by Gasteiger charge is -2.17. The highest BCUT2D eigenvalue weighted by Crippen LogP contribution is 2.27. The van der Waals surface area contributed by atoms with E-state index in [1.807, 2.05) is 13.8 Å². The van der Waals surface area contributed by atoms with Crippen LogP contribution in [-0.4, -0.2) is 9.97 Å². The number of aromatic nitrogens is 2. The summed E-state index contributed by atoms with van der Waals surface area (Å²) in [5, 5.41) is 0. The van der Waals surface area contributed by atoms with Crippen molar-refractivity contribution < 1.29 is 4.39 Å². The van der Waals surface area contributed by atoms with Gasteiger partial charge < -0.3 is 0 Å². The fourth-order valence-corrected chi connectivity index (χ4v) is 1.17. The topological polar surface area (TPSA) is 25.8 Å². The summed E-state index contributed by atoms with van der Waals surface area (Å²) in [4.78, 5) is 8.19. The highest BCUT2D eigenvalue weighted by Gasteiger charge is 2.25. The Balaban J connectivity index is 3.15. The molecule has 0 aliphatic heterocycles. The largest absolute Gasteiger partial charge is 0.239 e. The highest BCUT2D eigenvalue weighted by molar-refractivity contribution is 5.15. The maximum atomic E-state index is 13.8. The van der Waals surface area contributed by atoms with E-state index in [1.165, 1.54) is 0 Å². The van der Waals surface area contributed by atoms with Crippen LogP contribution < -0.4 is 0 Å². The molecule has 72 valence electrons. The van der Waals surface area contributed by atoms with Crippen LogP contribution >= 0.6 is 0 Å². The highest BCUT2D eigenvalue weighted by atomic mass is 19.1. The van der Waals surface area contributed by atoms with Crippen LogP contribution in [0.4, 0.5) is 4.39 Å². The Morgan fingerprint density at radius 1 is 1.38 bits per heavy atom. The first kappa shape index (κ1) is 10.1. The van der Waals surface area contributed by atoms with Crippen LogP contribution in [0.15, 0.2) is 6.07 Å². The average Bonchev–Trinajstić information content (AvgIpc) is 2.02. The third kappa shape index (κ3) is 2.23. The first-order chi connectivity index (χ1) is 5.95. The Morgan fingerprint density at radius 3 is 2.46 bits per heavy atom. The predicted molar refractivity (Wildman–Crippen MR) is 50.3 cm³/mol. The lowest BCUT2D eigenvalue weighted by atomic mass is 10.0. The summed E-state index contributed by atoms with van der Waals surface area (Å²) in [6, 6.07) is 1.70. The standard InChI is InChI=1S/C10H15FN2/c1-5-10(4,11)9-6-7(2)12-8(3)13-9/h6H,5H2,1-4H3. The van der Waals surface area contributed by atoms with Crippen molar-refractivity contribution in [2.75, 3.05) is 0 Å². The number of nitrogens with zero attached hydrogens (tertiary/aromatic N) is 2. The van der Waals surface area contributed by atoms with Gasteiger partial charge >= 0.3 is 0 Å². The predicted octanol–water partition coefficient (Wildman–Crippen LogP) is 2.69. The van der Waals surface area contributed by atoms with Gasteiger partial charge in [0.1, 0.15) is 11.5 Å². The minimum absolute atomic E-state index is 0.433. The Kier molecular flexibility index (Phi) is 2.64. The van der Waals surface area contributed by atoms with Gasteiger partial charge in [0, 0.05) is 5.69 Å². The molecule has 0 fully saturated rings. The summed E-state index contributed by atoms with van der Waals surface area (Å²) in [5.41, 5.74) is -0.0295. The number of halogens is 1. The maximum Gasteiger partial charge on any atom is 0.149 e. The number of hydrogen-bond acceptors (Lipinski definition) is 2. The summed E-state index contributed by atoms with van der Waals surface area (Å²) in [6.07, 6.45) is 0.433. The monoisotopic (exact) mass is 182 g/mol. The second kappa shape index (κ2) is 3.40. The summed E-state index contributed by atoms with van der Waals surface area (Å²) in [6.45, 7) is 6.99. The van der Waals surface area contributed by atoms with Gasteiger partial charge in [-0.2, -0.15) is 0 Å². The molecule has 0 saturated carbocycles. The van der Waals surface area contributed by atoms with E-state index in [-0.39, 0.29) is 0 Å². The van der Waals surface area contributed by atoms with Crippen molar-refractivity contribution in [1.29, 1.82) is 0 Å². The van der Waals surface area contributed by atoms with E-state index in [2.05, 4.69) is 9.97 Å². The van der Waals surface area contributed by atoms with Crippen molar-refractivity contribution in [3.05, 3.63) is 23.3 Å². The number of hydrogen-bond donors (Lipinski definition) is 0. The van der Waals surface area contributed by atoms with Crippen LogP contribution in [0.1, 0.15) is 37.5 Å². The quantitative estimate of drug-likeness (QED) is 0.702. The summed E-state index contributed by atoms with van der Waals surface area (Å²) in [5.74, 6) is 0.632.